The largest absolute Gasteiger partial charge is 0.454 e. The maximum absolute atomic E-state index is 12.0. The van der Waals surface area contributed by atoms with Crippen molar-refractivity contribution in [3.8, 4) is 11.5 Å². The van der Waals surface area contributed by atoms with Gasteiger partial charge < -0.3 is 14.8 Å². The zero-order chi connectivity index (χ0) is 13.0. The van der Waals surface area contributed by atoms with Crippen molar-refractivity contribution in [2.24, 2.45) is 0 Å². The maximum Gasteiger partial charge on any atom is 0.250 e. The molecule has 2 rings (SSSR count). The predicted octanol–water partition coefficient (Wildman–Crippen LogP) is 2.59. The highest BCUT2D eigenvalue weighted by Gasteiger charge is 2.13. The highest BCUT2D eigenvalue weighted by Crippen LogP contribution is 2.32. The number of benzene rings is 1. The molecule has 0 amide bonds. The van der Waals surface area contributed by atoms with E-state index in [2.05, 4.69) is 5.32 Å². The van der Waals surface area contributed by atoms with Crippen LogP contribution in [0.15, 0.2) is 18.2 Å². The van der Waals surface area contributed by atoms with Crippen LogP contribution in [0, 0.1) is 0 Å². The molecule has 0 radical (unpaired) electrons. The van der Waals surface area contributed by atoms with Gasteiger partial charge >= 0.3 is 0 Å². The Hall–Kier alpha value is -1.36. The van der Waals surface area contributed by atoms with Crippen LogP contribution in [-0.4, -0.2) is 25.8 Å². The number of rotatable bonds is 6. The Morgan fingerprint density at radius 2 is 2.06 bits per heavy atom. The van der Waals surface area contributed by atoms with Crippen molar-refractivity contribution < 1.29 is 18.3 Å². The number of hydrogen-bond donors (Lipinski definition) is 1. The summed E-state index contributed by atoms with van der Waals surface area (Å²) in [5, 5.41) is 2.80. The first-order valence-electron chi connectivity index (χ1n) is 6.05. The molecule has 0 aliphatic carbocycles. The molecule has 0 spiro atoms. The van der Waals surface area contributed by atoms with E-state index in [0.29, 0.717) is 0 Å². The lowest BCUT2D eigenvalue weighted by molar-refractivity contribution is 0.141. The fourth-order valence-electron chi connectivity index (χ4n) is 1.87. The minimum absolute atomic E-state index is 0.0735. The standard InChI is InChI=1S/C13H17F2NO2/c1-9(16-7-13(14)15)2-3-10-4-5-11-12(6-10)18-8-17-11/h4-6,9,13,16H,2-3,7-8H2,1H3. The molecule has 0 aromatic heterocycles. The average molecular weight is 257 g/mol. The molecule has 100 valence electrons. The van der Waals surface area contributed by atoms with Gasteiger partial charge in [-0.3, -0.25) is 0 Å². The molecule has 1 N–H and O–H groups in total. The van der Waals surface area contributed by atoms with Crippen LogP contribution in [0.1, 0.15) is 18.9 Å². The molecule has 1 aromatic rings. The van der Waals surface area contributed by atoms with Crippen molar-refractivity contribution in [2.45, 2.75) is 32.2 Å². The van der Waals surface area contributed by atoms with Crippen molar-refractivity contribution in [3.05, 3.63) is 23.8 Å². The number of hydrogen-bond acceptors (Lipinski definition) is 3. The van der Waals surface area contributed by atoms with Crippen LogP contribution in [0.25, 0.3) is 0 Å². The van der Waals surface area contributed by atoms with E-state index in [1.807, 2.05) is 25.1 Å². The number of ether oxygens (including phenoxy) is 2. The van der Waals surface area contributed by atoms with Crippen LogP contribution in [0.4, 0.5) is 8.78 Å². The molecule has 0 saturated carbocycles. The smallest absolute Gasteiger partial charge is 0.250 e. The second-order valence-corrected chi connectivity index (χ2v) is 4.43. The van der Waals surface area contributed by atoms with Crippen molar-refractivity contribution in [3.63, 3.8) is 0 Å². The normalized spacial score (nSPS) is 15.1. The second kappa shape index (κ2) is 6.00. The summed E-state index contributed by atoms with van der Waals surface area (Å²) in [6.07, 6.45) is -0.654. The van der Waals surface area contributed by atoms with Gasteiger partial charge in [0.1, 0.15) is 0 Å². The van der Waals surface area contributed by atoms with Crippen molar-refractivity contribution >= 4 is 0 Å². The highest BCUT2D eigenvalue weighted by molar-refractivity contribution is 5.44. The van der Waals surface area contributed by atoms with Crippen LogP contribution in [0.3, 0.4) is 0 Å². The molecule has 18 heavy (non-hydrogen) atoms. The Balaban J connectivity index is 1.79. The summed E-state index contributed by atoms with van der Waals surface area (Å²) in [6, 6.07) is 5.88. The number of halogens is 2. The minimum atomic E-state index is -2.29. The molecule has 1 heterocycles. The molecule has 0 bridgehead atoms. The summed E-state index contributed by atoms with van der Waals surface area (Å²) in [6.45, 7) is 1.93. The summed E-state index contributed by atoms with van der Waals surface area (Å²) in [7, 11) is 0. The van der Waals surface area contributed by atoms with Crippen molar-refractivity contribution in [1.29, 1.82) is 0 Å². The molecule has 1 aromatic carbocycles. The van der Waals surface area contributed by atoms with E-state index in [1.165, 1.54) is 0 Å². The highest BCUT2D eigenvalue weighted by atomic mass is 19.3. The number of fused-ring (bicyclic) bond motifs is 1. The molecule has 0 saturated heterocycles. The molecular weight excluding hydrogens is 240 g/mol. The first-order valence-corrected chi connectivity index (χ1v) is 6.05. The van der Waals surface area contributed by atoms with Gasteiger partial charge in [0.15, 0.2) is 11.5 Å². The number of nitrogens with one attached hydrogen (secondary N) is 1. The van der Waals surface area contributed by atoms with Gasteiger partial charge in [-0.15, -0.1) is 0 Å². The first kappa shape index (κ1) is 13.1. The van der Waals surface area contributed by atoms with Gasteiger partial charge in [-0.2, -0.15) is 0 Å². The fraction of sp³-hybridized carbons (Fsp3) is 0.538. The average Bonchev–Trinajstić information content (AvgIpc) is 2.81. The van der Waals surface area contributed by atoms with E-state index in [9.17, 15) is 8.78 Å². The SMILES string of the molecule is CC(CCc1ccc2c(c1)OCO2)NCC(F)F. The molecule has 5 heteroatoms. The third-order valence-corrected chi connectivity index (χ3v) is 2.92. The fourth-order valence-corrected chi connectivity index (χ4v) is 1.87. The van der Waals surface area contributed by atoms with Crippen molar-refractivity contribution in [2.75, 3.05) is 13.3 Å². The first-order chi connectivity index (χ1) is 8.65. The molecule has 1 unspecified atom stereocenters. The molecule has 1 aliphatic heterocycles. The lowest BCUT2D eigenvalue weighted by Crippen LogP contribution is -2.30. The quantitative estimate of drug-likeness (QED) is 0.849. The summed E-state index contributed by atoms with van der Waals surface area (Å²) in [4.78, 5) is 0. The second-order valence-electron chi connectivity index (χ2n) is 4.43. The van der Waals surface area contributed by atoms with Crippen LogP contribution < -0.4 is 14.8 Å². The summed E-state index contributed by atoms with van der Waals surface area (Å²) < 4.78 is 34.5. The Morgan fingerprint density at radius 3 is 2.83 bits per heavy atom. The van der Waals surface area contributed by atoms with Crippen molar-refractivity contribution in [1.82, 2.24) is 5.32 Å². The van der Waals surface area contributed by atoms with Gasteiger partial charge in [0, 0.05) is 6.04 Å². The molecular formula is C13H17F2NO2. The minimum Gasteiger partial charge on any atom is -0.454 e. The zero-order valence-electron chi connectivity index (χ0n) is 10.3. The van der Waals surface area contributed by atoms with E-state index in [-0.39, 0.29) is 19.4 Å². The Kier molecular flexibility index (Phi) is 4.36. The third kappa shape index (κ3) is 3.57. The lowest BCUT2D eigenvalue weighted by atomic mass is 10.1. The maximum atomic E-state index is 12.0. The Morgan fingerprint density at radius 1 is 1.28 bits per heavy atom. The zero-order valence-corrected chi connectivity index (χ0v) is 10.3. The molecule has 1 aliphatic rings. The summed E-state index contributed by atoms with van der Waals surface area (Å²) in [5.74, 6) is 1.53. The van der Waals surface area contributed by atoms with E-state index < -0.39 is 6.43 Å². The third-order valence-electron chi connectivity index (χ3n) is 2.92. The van der Waals surface area contributed by atoms with Gasteiger partial charge in [-0.1, -0.05) is 6.07 Å². The summed E-state index contributed by atoms with van der Waals surface area (Å²) in [5.41, 5.74) is 1.13. The van der Waals surface area contributed by atoms with Gasteiger partial charge in [0.05, 0.1) is 6.54 Å². The lowest BCUT2D eigenvalue weighted by Gasteiger charge is -2.13. The molecule has 3 nitrogen and oxygen atoms in total. The number of alkyl halides is 2. The van der Waals surface area contributed by atoms with Crippen LogP contribution in [0.2, 0.25) is 0 Å². The van der Waals surface area contributed by atoms with Crippen LogP contribution in [0.5, 0.6) is 11.5 Å². The monoisotopic (exact) mass is 257 g/mol. The van der Waals surface area contributed by atoms with Gasteiger partial charge in [-0.25, -0.2) is 8.78 Å². The van der Waals surface area contributed by atoms with E-state index >= 15 is 0 Å². The van der Waals surface area contributed by atoms with Gasteiger partial charge in [0.2, 0.25) is 6.79 Å². The van der Waals surface area contributed by atoms with Crippen LogP contribution >= 0.6 is 0 Å². The van der Waals surface area contributed by atoms with Gasteiger partial charge in [-0.05, 0) is 37.5 Å². The van der Waals surface area contributed by atoms with E-state index in [4.69, 9.17) is 9.47 Å². The Labute approximate surface area is 105 Å². The van der Waals surface area contributed by atoms with Gasteiger partial charge in [0.25, 0.3) is 6.43 Å². The summed E-state index contributed by atoms with van der Waals surface area (Å²) >= 11 is 0. The van der Waals surface area contributed by atoms with E-state index in [1.54, 1.807) is 0 Å². The molecule has 0 fully saturated rings. The topological polar surface area (TPSA) is 30.5 Å². The predicted molar refractivity (Wildman–Crippen MR) is 64.4 cm³/mol. The van der Waals surface area contributed by atoms with Crippen LogP contribution in [-0.2, 0) is 6.42 Å². The Bertz CT molecular complexity index is 399. The number of aryl methyl sites for hydroxylation is 1. The molecule has 1 atom stereocenters. The van der Waals surface area contributed by atoms with E-state index in [0.717, 1.165) is 29.9 Å².